The average molecular weight is 430 g/mol. The second-order valence-corrected chi connectivity index (χ2v) is 7.53. The Labute approximate surface area is 181 Å². The molecule has 0 radical (unpaired) electrons. The van der Waals surface area contributed by atoms with E-state index < -0.39 is 17.2 Å². The molecule has 0 aliphatic carbocycles. The van der Waals surface area contributed by atoms with Gasteiger partial charge in [0.25, 0.3) is 5.91 Å². The maximum Gasteiger partial charge on any atom is 0.256 e. The smallest absolute Gasteiger partial charge is 0.256 e. The van der Waals surface area contributed by atoms with Crippen molar-refractivity contribution < 1.29 is 23.5 Å². The molecule has 2 N–H and O–H groups in total. The third-order valence-electron chi connectivity index (χ3n) is 5.86. The van der Waals surface area contributed by atoms with E-state index in [4.69, 9.17) is 4.84 Å². The van der Waals surface area contributed by atoms with Gasteiger partial charge in [-0.2, -0.15) is 5.06 Å². The van der Waals surface area contributed by atoms with Crippen molar-refractivity contribution in [3.05, 3.63) is 64.9 Å². The summed E-state index contributed by atoms with van der Waals surface area (Å²) in [6, 6.07) is 8.99. The first-order valence-electron chi connectivity index (χ1n) is 10.5. The fraction of sp³-hybridized carbons (Fsp3) is 0.375. The van der Waals surface area contributed by atoms with Crippen LogP contribution in [0, 0.1) is 18.6 Å². The van der Waals surface area contributed by atoms with Crippen molar-refractivity contribution in [1.29, 1.82) is 0 Å². The lowest BCUT2D eigenvalue weighted by atomic mass is 9.85. The van der Waals surface area contributed by atoms with E-state index in [-0.39, 0.29) is 17.2 Å². The van der Waals surface area contributed by atoms with Crippen molar-refractivity contribution in [3.63, 3.8) is 0 Å². The summed E-state index contributed by atoms with van der Waals surface area (Å²) in [6.45, 7) is 7.01. The lowest BCUT2D eigenvalue weighted by molar-refractivity contribution is -0.152. The van der Waals surface area contributed by atoms with Crippen LogP contribution in [-0.4, -0.2) is 41.8 Å². The number of aliphatic hydroxyl groups excluding tert-OH is 1. The molecule has 1 saturated heterocycles. The van der Waals surface area contributed by atoms with Gasteiger partial charge in [-0.05, 0) is 60.2 Å². The van der Waals surface area contributed by atoms with Crippen molar-refractivity contribution in [1.82, 2.24) is 10.4 Å². The molecule has 2 heterocycles. The van der Waals surface area contributed by atoms with Crippen LogP contribution in [0.1, 0.15) is 37.8 Å². The van der Waals surface area contributed by atoms with Crippen LogP contribution < -0.4 is 5.32 Å². The normalized spacial score (nSPS) is 18.1. The van der Waals surface area contributed by atoms with Gasteiger partial charge in [-0.25, -0.2) is 8.78 Å². The largest absolute Gasteiger partial charge is 0.509 e. The predicted octanol–water partition coefficient (Wildman–Crippen LogP) is 4.76. The monoisotopic (exact) mass is 430 g/mol. The minimum Gasteiger partial charge on any atom is -0.509 e. The number of rotatable bonds is 3. The number of carbonyl (C=O) groups excluding carboxylic acids is 1. The topological polar surface area (TPSA) is 61.8 Å². The fourth-order valence-corrected chi connectivity index (χ4v) is 4.09. The second-order valence-electron chi connectivity index (χ2n) is 7.53. The third kappa shape index (κ3) is 4.20. The number of piperidine rings is 1. The van der Waals surface area contributed by atoms with E-state index in [0.29, 0.717) is 42.6 Å². The van der Waals surface area contributed by atoms with Crippen molar-refractivity contribution in [2.24, 2.45) is 0 Å². The lowest BCUT2D eigenvalue weighted by Gasteiger charge is -2.37. The quantitative estimate of drug-likeness (QED) is 0.737. The number of benzene rings is 2. The Bertz CT molecular complexity index is 1010. The Balaban J connectivity index is 0.00000132. The first-order valence-corrected chi connectivity index (χ1v) is 10.5. The maximum atomic E-state index is 13.7. The number of halogens is 2. The molecule has 2 aromatic carbocycles. The molecule has 0 atom stereocenters. The molecule has 31 heavy (non-hydrogen) atoms. The highest BCUT2D eigenvalue weighted by Gasteiger charge is 2.48. The van der Waals surface area contributed by atoms with E-state index in [0.717, 1.165) is 17.7 Å². The van der Waals surface area contributed by atoms with Crippen LogP contribution in [-0.2, 0) is 9.63 Å². The van der Waals surface area contributed by atoms with Crippen molar-refractivity contribution >= 4 is 11.5 Å². The number of hydroxylamine groups is 2. The van der Waals surface area contributed by atoms with Crippen LogP contribution >= 0.6 is 0 Å². The van der Waals surface area contributed by atoms with E-state index in [2.05, 4.69) is 5.32 Å². The molecule has 4 rings (SSSR count). The molecule has 0 aromatic heterocycles. The lowest BCUT2D eigenvalue weighted by Crippen LogP contribution is -2.52. The van der Waals surface area contributed by atoms with E-state index in [1.165, 1.54) is 6.07 Å². The Morgan fingerprint density at radius 2 is 1.65 bits per heavy atom. The van der Waals surface area contributed by atoms with Gasteiger partial charge >= 0.3 is 0 Å². The number of aryl methyl sites for hydroxylation is 1. The van der Waals surface area contributed by atoms with Gasteiger partial charge in [0, 0.05) is 13.1 Å². The fourth-order valence-electron chi connectivity index (χ4n) is 4.09. The van der Waals surface area contributed by atoms with Crippen molar-refractivity contribution in [2.45, 2.75) is 39.2 Å². The Hall–Kier alpha value is -2.77. The summed E-state index contributed by atoms with van der Waals surface area (Å²) >= 11 is 0. The minimum absolute atomic E-state index is 0.0313. The Morgan fingerprint density at radius 3 is 2.26 bits per heavy atom. The van der Waals surface area contributed by atoms with Gasteiger partial charge in [0.1, 0.15) is 11.3 Å². The van der Waals surface area contributed by atoms with Crippen molar-refractivity contribution in [3.8, 4) is 11.1 Å². The molecule has 0 bridgehead atoms. The van der Waals surface area contributed by atoms with Gasteiger partial charge in [-0.15, -0.1) is 0 Å². The van der Waals surface area contributed by atoms with Gasteiger partial charge in [-0.3, -0.25) is 4.79 Å². The number of aliphatic hydroxyl groups is 1. The summed E-state index contributed by atoms with van der Waals surface area (Å²) in [5, 5.41) is 15.8. The van der Waals surface area contributed by atoms with Crippen LogP contribution in [0.25, 0.3) is 16.7 Å². The van der Waals surface area contributed by atoms with Crippen LogP contribution in [0.4, 0.5) is 8.78 Å². The molecular weight excluding hydrogens is 402 g/mol. The molecular formula is C24H28F2N2O3. The highest BCUT2D eigenvalue weighted by Crippen LogP contribution is 2.40. The summed E-state index contributed by atoms with van der Waals surface area (Å²) < 4.78 is 26.9. The molecule has 1 amide bonds. The predicted molar refractivity (Wildman–Crippen MR) is 116 cm³/mol. The van der Waals surface area contributed by atoms with Crippen LogP contribution in [0.15, 0.2) is 42.2 Å². The zero-order valence-electron chi connectivity index (χ0n) is 18.3. The third-order valence-corrected chi connectivity index (χ3v) is 5.86. The summed E-state index contributed by atoms with van der Waals surface area (Å²) in [4.78, 5) is 18.1. The number of carbonyl (C=O) groups is 1. The Kier molecular flexibility index (Phi) is 6.77. The number of nitrogens with one attached hydrogen (secondary N) is 1. The summed E-state index contributed by atoms with van der Waals surface area (Å²) in [7, 11) is 1.60. The minimum atomic E-state index is -0.936. The number of hydrogen-bond acceptors (Lipinski definition) is 4. The van der Waals surface area contributed by atoms with Crippen LogP contribution in [0.3, 0.4) is 0 Å². The molecule has 1 fully saturated rings. The molecule has 2 aromatic rings. The second kappa shape index (κ2) is 9.16. The van der Waals surface area contributed by atoms with E-state index >= 15 is 0 Å². The first-order chi connectivity index (χ1) is 14.8. The van der Waals surface area contributed by atoms with Crippen LogP contribution in [0.5, 0.6) is 0 Å². The molecule has 2 aliphatic heterocycles. The Morgan fingerprint density at radius 1 is 1.03 bits per heavy atom. The van der Waals surface area contributed by atoms with Gasteiger partial charge in [0.05, 0.1) is 12.7 Å². The SMILES string of the molecule is CC.CON1CCC2(CC1)NC(=O)C(c1cc(-c3ccc(F)c(F)c3)ccc1C)=C2O. The standard InChI is InChI=1S/C22H22F2N2O3.C2H6/c1-13-3-4-14(15-5-6-17(23)18(24)12-15)11-16(13)19-20(27)22(25-21(19)28)7-9-26(29-2)10-8-22;1-2/h3-6,11-12,27H,7-10H2,1-2H3,(H,25,28);1-2H3. The summed E-state index contributed by atoms with van der Waals surface area (Å²) in [5.41, 5.74) is 1.94. The van der Waals surface area contributed by atoms with Gasteiger partial charge in [0.2, 0.25) is 0 Å². The molecule has 5 nitrogen and oxygen atoms in total. The number of amides is 1. The number of nitrogens with zero attached hydrogens (tertiary/aromatic N) is 1. The van der Waals surface area contributed by atoms with E-state index in [1.54, 1.807) is 30.4 Å². The molecule has 1 spiro atoms. The molecule has 2 aliphatic rings. The number of hydrogen-bond donors (Lipinski definition) is 2. The summed E-state index contributed by atoms with van der Waals surface area (Å²) in [6.07, 6.45) is 1.06. The van der Waals surface area contributed by atoms with Gasteiger partial charge in [0.15, 0.2) is 11.6 Å². The van der Waals surface area contributed by atoms with Gasteiger partial charge < -0.3 is 15.3 Å². The zero-order valence-corrected chi connectivity index (χ0v) is 18.3. The molecule has 0 unspecified atom stereocenters. The average Bonchev–Trinajstić information content (AvgIpc) is 3.02. The summed E-state index contributed by atoms with van der Waals surface area (Å²) in [5.74, 6) is -2.15. The molecule has 0 saturated carbocycles. The maximum absolute atomic E-state index is 13.7. The van der Waals surface area contributed by atoms with Crippen LogP contribution in [0.2, 0.25) is 0 Å². The molecule has 166 valence electrons. The highest BCUT2D eigenvalue weighted by molar-refractivity contribution is 6.23. The molecule has 7 heteroatoms. The van der Waals surface area contributed by atoms with E-state index in [9.17, 15) is 18.7 Å². The van der Waals surface area contributed by atoms with Crippen molar-refractivity contribution in [2.75, 3.05) is 20.2 Å². The first kappa shape index (κ1) is 22.9. The highest BCUT2D eigenvalue weighted by atomic mass is 19.2. The van der Waals surface area contributed by atoms with E-state index in [1.807, 2.05) is 20.8 Å². The zero-order chi connectivity index (χ0) is 22.8. The van der Waals surface area contributed by atoms with Gasteiger partial charge in [-0.1, -0.05) is 32.0 Å².